The van der Waals surface area contributed by atoms with Crippen molar-refractivity contribution in [2.24, 2.45) is 17.8 Å². The number of benzene rings is 1. The first kappa shape index (κ1) is 27.4. The van der Waals surface area contributed by atoms with Crippen LogP contribution in [0.25, 0.3) is 10.9 Å². The van der Waals surface area contributed by atoms with Crippen molar-refractivity contribution >= 4 is 46.0 Å². The number of carbonyl (C=O) groups excluding carboxylic acids is 4. The van der Waals surface area contributed by atoms with Gasteiger partial charge in [0.15, 0.2) is 5.78 Å². The molecular weight excluding hydrogens is 541 g/mol. The summed E-state index contributed by atoms with van der Waals surface area (Å²) in [6, 6.07) is 1.15. The molecule has 0 spiro atoms. The van der Waals surface area contributed by atoms with Gasteiger partial charge in [0.2, 0.25) is 11.8 Å². The molecule has 0 bridgehead atoms. The Morgan fingerprint density at radius 2 is 1.97 bits per heavy atom. The fourth-order valence-electron chi connectivity index (χ4n) is 6.33. The Morgan fingerprint density at radius 1 is 1.21 bits per heavy atom. The van der Waals surface area contributed by atoms with Crippen molar-refractivity contribution in [3.63, 3.8) is 0 Å². The number of carbonyl (C=O) groups is 4. The molecule has 2 saturated heterocycles. The number of rotatable bonds is 7. The molecule has 4 N–H and O–H groups in total. The standard InChI is InChI=1S/C26H28ClF3N4O5/c27-17-5-4-16(26(28,29)30)21-15(17)9-19(32-21)25(39)34-10-13-2-1-3-14(13)22(34)24(38)33-18(20(36)11-35)8-12-6-7-31-23(12)37/h4-5,9,12-14,18,22,32,35H,1-3,6-8,10-11H2,(H,31,37)(H,33,38)/t12-,13-,14-,18?,22-/m0/s1. The van der Waals surface area contributed by atoms with Crippen LogP contribution in [0.2, 0.25) is 5.02 Å². The van der Waals surface area contributed by atoms with Crippen molar-refractivity contribution < 1.29 is 37.5 Å². The normalized spacial score (nSPS) is 25.6. The second-order valence-corrected chi connectivity index (χ2v) is 10.9. The maximum absolute atomic E-state index is 13.7. The summed E-state index contributed by atoms with van der Waals surface area (Å²) in [7, 11) is 0. The summed E-state index contributed by atoms with van der Waals surface area (Å²) >= 11 is 6.14. The lowest BCUT2D eigenvalue weighted by molar-refractivity contribution is -0.136. The minimum Gasteiger partial charge on any atom is -0.389 e. The van der Waals surface area contributed by atoms with Gasteiger partial charge in [0, 0.05) is 29.4 Å². The van der Waals surface area contributed by atoms with Gasteiger partial charge in [0.25, 0.3) is 5.91 Å². The van der Waals surface area contributed by atoms with E-state index >= 15 is 0 Å². The zero-order valence-electron chi connectivity index (χ0n) is 20.8. The van der Waals surface area contributed by atoms with Crippen LogP contribution in [0, 0.1) is 17.8 Å². The highest BCUT2D eigenvalue weighted by Gasteiger charge is 2.50. The number of aromatic amines is 1. The zero-order valence-corrected chi connectivity index (χ0v) is 21.6. The van der Waals surface area contributed by atoms with E-state index in [-0.39, 0.29) is 52.3 Å². The van der Waals surface area contributed by atoms with Gasteiger partial charge in [-0.1, -0.05) is 18.0 Å². The summed E-state index contributed by atoms with van der Waals surface area (Å²) in [5.74, 6) is -2.78. The van der Waals surface area contributed by atoms with Gasteiger partial charge in [0.1, 0.15) is 18.3 Å². The summed E-state index contributed by atoms with van der Waals surface area (Å²) in [5, 5.41) is 14.9. The third-order valence-corrected chi connectivity index (χ3v) is 8.57. The van der Waals surface area contributed by atoms with E-state index in [1.54, 1.807) is 0 Å². The molecule has 2 aliphatic heterocycles. The van der Waals surface area contributed by atoms with Gasteiger partial charge < -0.3 is 25.6 Å². The predicted octanol–water partition coefficient (Wildman–Crippen LogP) is 2.65. The molecule has 2 aromatic rings. The van der Waals surface area contributed by atoms with E-state index in [1.165, 1.54) is 11.0 Å². The van der Waals surface area contributed by atoms with Crippen LogP contribution in [0.3, 0.4) is 0 Å². The predicted molar refractivity (Wildman–Crippen MR) is 134 cm³/mol. The van der Waals surface area contributed by atoms with Crippen LogP contribution in [-0.2, 0) is 20.6 Å². The molecule has 5 rings (SSSR count). The molecule has 9 nitrogen and oxygen atoms in total. The Labute approximate surface area is 226 Å². The number of halogens is 4. The quantitative estimate of drug-likeness (QED) is 0.408. The average molecular weight is 569 g/mol. The van der Waals surface area contributed by atoms with Crippen LogP contribution >= 0.6 is 11.6 Å². The molecule has 210 valence electrons. The van der Waals surface area contributed by atoms with E-state index in [9.17, 15) is 37.5 Å². The number of nitrogens with one attached hydrogen (secondary N) is 3. The molecule has 0 radical (unpaired) electrons. The van der Waals surface area contributed by atoms with Crippen LogP contribution in [0.5, 0.6) is 0 Å². The first-order valence-corrected chi connectivity index (χ1v) is 13.3. The number of alkyl halides is 3. The molecule has 3 aliphatic rings. The van der Waals surface area contributed by atoms with Crippen molar-refractivity contribution in [3.8, 4) is 0 Å². The topological polar surface area (TPSA) is 132 Å². The van der Waals surface area contributed by atoms with Crippen LogP contribution in [0.15, 0.2) is 18.2 Å². The summed E-state index contributed by atoms with van der Waals surface area (Å²) in [6.45, 7) is -0.132. The summed E-state index contributed by atoms with van der Waals surface area (Å²) < 4.78 is 40.8. The lowest BCUT2D eigenvalue weighted by atomic mass is 9.92. The van der Waals surface area contributed by atoms with Gasteiger partial charge in [-0.15, -0.1) is 0 Å². The van der Waals surface area contributed by atoms with E-state index in [4.69, 9.17) is 11.6 Å². The van der Waals surface area contributed by atoms with E-state index < -0.39 is 53.9 Å². The van der Waals surface area contributed by atoms with Gasteiger partial charge in [-0.05, 0) is 55.7 Å². The van der Waals surface area contributed by atoms with Gasteiger partial charge in [0.05, 0.1) is 17.1 Å². The third-order valence-electron chi connectivity index (χ3n) is 8.24. The van der Waals surface area contributed by atoms with Crippen molar-refractivity contribution in [2.75, 3.05) is 19.7 Å². The lowest BCUT2D eigenvalue weighted by Crippen LogP contribution is -2.53. The number of amides is 3. The lowest BCUT2D eigenvalue weighted by Gasteiger charge is -2.29. The second kappa shape index (κ2) is 10.5. The fraction of sp³-hybridized carbons (Fsp3) is 0.538. The van der Waals surface area contributed by atoms with Crippen LogP contribution < -0.4 is 10.6 Å². The Morgan fingerprint density at radius 3 is 2.64 bits per heavy atom. The maximum atomic E-state index is 13.7. The molecular formula is C26H28ClF3N4O5. The van der Waals surface area contributed by atoms with Crippen molar-refractivity contribution in [1.29, 1.82) is 0 Å². The van der Waals surface area contributed by atoms with Crippen LogP contribution in [-0.4, -0.2) is 70.3 Å². The van der Waals surface area contributed by atoms with E-state index in [2.05, 4.69) is 15.6 Å². The molecule has 1 aromatic carbocycles. The largest absolute Gasteiger partial charge is 0.418 e. The van der Waals surface area contributed by atoms with Crippen LogP contribution in [0.1, 0.15) is 48.2 Å². The highest BCUT2D eigenvalue weighted by molar-refractivity contribution is 6.35. The number of hydrogen-bond donors (Lipinski definition) is 4. The second-order valence-electron chi connectivity index (χ2n) is 10.5. The molecule has 1 saturated carbocycles. The number of Topliss-reactive ketones (excluding diaryl/α,β-unsaturated/α-hetero) is 1. The molecule has 5 atom stereocenters. The van der Waals surface area contributed by atoms with Gasteiger partial charge in [-0.3, -0.25) is 19.2 Å². The molecule has 3 fully saturated rings. The molecule has 13 heteroatoms. The zero-order chi connectivity index (χ0) is 28.1. The van der Waals surface area contributed by atoms with Crippen molar-refractivity contribution in [3.05, 3.63) is 34.5 Å². The molecule has 1 aromatic heterocycles. The number of H-pyrrole nitrogens is 1. The number of likely N-dealkylation sites (tertiary alicyclic amines) is 1. The Hall–Kier alpha value is -3.12. The number of ketones is 1. The first-order chi connectivity index (χ1) is 18.5. The van der Waals surface area contributed by atoms with Crippen LogP contribution in [0.4, 0.5) is 13.2 Å². The number of hydrogen-bond acceptors (Lipinski definition) is 5. The Kier molecular flexibility index (Phi) is 7.36. The first-order valence-electron chi connectivity index (χ1n) is 12.9. The molecule has 3 heterocycles. The minimum absolute atomic E-state index is 0.0203. The summed E-state index contributed by atoms with van der Waals surface area (Å²) in [5.41, 5.74) is -1.41. The number of nitrogens with zero attached hydrogens (tertiary/aromatic N) is 1. The molecule has 1 aliphatic carbocycles. The van der Waals surface area contributed by atoms with E-state index in [1.807, 2.05) is 0 Å². The highest BCUT2D eigenvalue weighted by Crippen LogP contribution is 2.43. The number of aromatic nitrogens is 1. The van der Waals surface area contributed by atoms with E-state index in [0.717, 1.165) is 25.0 Å². The number of aliphatic hydroxyl groups excluding tert-OH is 1. The summed E-state index contributed by atoms with van der Waals surface area (Å²) in [6.07, 6.45) is -1.84. The SMILES string of the molecule is O=C(CO)C(C[C@@H]1CCNC1=O)NC(=O)[C@@H]1[C@H]2CCC[C@H]2CN1C(=O)c1cc2c(Cl)ccc(C(F)(F)F)c2[nH]1. The number of aliphatic hydroxyl groups is 1. The Balaban J connectivity index is 1.43. The minimum atomic E-state index is -4.68. The van der Waals surface area contributed by atoms with E-state index in [0.29, 0.717) is 19.4 Å². The number of fused-ring (bicyclic) bond motifs is 2. The van der Waals surface area contributed by atoms with Gasteiger partial charge >= 0.3 is 6.18 Å². The third kappa shape index (κ3) is 5.11. The smallest absolute Gasteiger partial charge is 0.389 e. The molecule has 1 unspecified atom stereocenters. The average Bonchev–Trinajstić information content (AvgIpc) is 3.66. The van der Waals surface area contributed by atoms with Crippen molar-refractivity contribution in [2.45, 2.75) is 50.4 Å². The molecule has 39 heavy (non-hydrogen) atoms. The maximum Gasteiger partial charge on any atom is 0.418 e. The highest BCUT2D eigenvalue weighted by atomic mass is 35.5. The fourth-order valence-corrected chi connectivity index (χ4v) is 6.55. The van der Waals surface area contributed by atoms with Gasteiger partial charge in [-0.25, -0.2) is 0 Å². The van der Waals surface area contributed by atoms with Gasteiger partial charge in [-0.2, -0.15) is 13.2 Å². The Bertz CT molecular complexity index is 1330. The summed E-state index contributed by atoms with van der Waals surface area (Å²) in [4.78, 5) is 55.7. The molecule has 3 amide bonds. The monoisotopic (exact) mass is 568 g/mol. The van der Waals surface area contributed by atoms with Crippen molar-refractivity contribution in [1.82, 2.24) is 20.5 Å².